The fraction of sp³-hybridized carbons (Fsp3) is 0.200. The van der Waals surface area contributed by atoms with Crippen LogP contribution < -0.4 is 5.32 Å². The largest absolute Gasteiger partial charge is 0.508 e. The van der Waals surface area contributed by atoms with Crippen molar-refractivity contribution >= 4 is 17.3 Å². The average molecular weight is 278 g/mol. The summed E-state index contributed by atoms with van der Waals surface area (Å²) in [6, 6.07) is 10.8. The van der Waals surface area contributed by atoms with Crippen LogP contribution in [0.3, 0.4) is 0 Å². The summed E-state index contributed by atoms with van der Waals surface area (Å²) < 4.78 is 0. The molecule has 2 aromatic rings. The van der Waals surface area contributed by atoms with E-state index < -0.39 is 0 Å². The highest BCUT2D eigenvalue weighted by molar-refractivity contribution is 6.33. The zero-order valence-corrected chi connectivity index (χ0v) is 11.4. The Hall–Kier alpha value is -1.71. The molecule has 3 N–H and O–H groups in total. The van der Waals surface area contributed by atoms with Crippen LogP contribution in [0.2, 0.25) is 5.02 Å². The number of halogens is 1. The first-order valence-corrected chi connectivity index (χ1v) is 6.39. The van der Waals surface area contributed by atoms with Gasteiger partial charge in [-0.3, -0.25) is 0 Å². The van der Waals surface area contributed by atoms with Gasteiger partial charge >= 0.3 is 0 Å². The van der Waals surface area contributed by atoms with E-state index in [1.54, 1.807) is 24.3 Å². The summed E-state index contributed by atoms with van der Waals surface area (Å²) in [5, 5.41) is 22.6. The molecule has 0 atom stereocenters. The molecule has 3 nitrogen and oxygen atoms in total. The van der Waals surface area contributed by atoms with Crippen LogP contribution in [0.5, 0.6) is 5.75 Å². The number of aromatic hydroxyl groups is 1. The van der Waals surface area contributed by atoms with E-state index in [0.717, 1.165) is 22.4 Å². The Bertz CT molecular complexity index is 584. The Morgan fingerprint density at radius 1 is 1.16 bits per heavy atom. The van der Waals surface area contributed by atoms with E-state index in [1.165, 1.54) is 0 Å². The standard InChI is InChI=1S/C15H16ClNO2/c1-10-2-5-15(19)12(6-10)8-17-14-7-11(9-18)3-4-13(14)16/h2-7,17-19H,8-9H2,1H3. The molecule has 100 valence electrons. The van der Waals surface area contributed by atoms with Crippen molar-refractivity contribution in [3.63, 3.8) is 0 Å². The third-order valence-corrected chi connectivity index (χ3v) is 3.25. The minimum atomic E-state index is -0.0262. The number of phenols is 1. The van der Waals surface area contributed by atoms with Gasteiger partial charge in [-0.2, -0.15) is 0 Å². The normalized spacial score (nSPS) is 10.5. The Kier molecular flexibility index (Phi) is 4.30. The molecule has 0 fully saturated rings. The minimum Gasteiger partial charge on any atom is -0.508 e. The lowest BCUT2D eigenvalue weighted by Crippen LogP contribution is -2.01. The summed E-state index contributed by atoms with van der Waals surface area (Å²) in [6.45, 7) is 2.42. The molecule has 2 aromatic carbocycles. The van der Waals surface area contributed by atoms with Crippen molar-refractivity contribution < 1.29 is 10.2 Å². The molecule has 0 aliphatic carbocycles. The van der Waals surface area contributed by atoms with Gasteiger partial charge in [0.05, 0.1) is 17.3 Å². The first-order valence-electron chi connectivity index (χ1n) is 6.02. The summed E-state index contributed by atoms with van der Waals surface area (Å²) in [4.78, 5) is 0. The molecule has 0 spiro atoms. The molecule has 0 saturated heterocycles. The number of hydrogen-bond donors (Lipinski definition) is 3. The van der Waals surface area contributed by atoms with Crippen molar-refractivity contribution in [2.75, 3.05) is 5.32 Å². The van der Waals surface area contributed by atoms with Crippen molar-refractivity contribution in [3.8, 4) is 5.75 Å². The lowest BCUT2D eigenvalue weighted by Gasteiger charge is -2.11. The van der Waals surface area contributed by atoms with Crippen LogP contribution in [-0.4, -0.2) is 10.2 Å². The topological polar surface area (TPSA) is 52.5 Å². The number of aliphatic hydroxyl groups excluding tert-OH is 1. The number of anilines is 1. The molecular weight excluding hydrogens is 262 g/mol. The second-order valence-corrected chi connectivity index (χ2v) is 4.87. The summed E-state index contributed by atoms with van der Waals surface area (Å²) in [5.74, 6) is 0.257. The van der Waals surface area contributed by atoms with Gasteiger partial charge in [0.1, 0.15) is 5.75 Å². The Morgan fingerprint density at radius 3 is 2.68 bits per heavy atom. The first kappa shape index (κ1) is 13.7. The highest BCUT2D eigenvalue weighted by Gasteiger charge is 2.04. The monoisotopic (exact) mass is 277 g/mol. The number of aliphatic hydroxyl groups is 1. The quantitative estimate of drug-likeness (QED) is 0.802. The van der Waals surface area contributed by atoms with Crippen LogP contribution in [0.25, 0.3) is 0 Å². The van der Waals surface area contributed by atoms with E-state index in [-0.39, 0.29) is 12.4 Å². The van der Waals surface area contributed by atoms with E-state index in [1.807, 2.05) is 19.1 Å². The van der Waals surface area contributed by atoms with Crippen molar-refractivity contribution in [3.05, 3.63) is 58.1 Å². The SMILES string of the molecule is Cc1ccc(O)c(CNc2cc(CO)ccc2Cl)c1. The molecule has 0 aromatic heterocycles. The third kappa shape index (κ3) is 3.40. The van der Waals surface area contributed by atoms with Crippen LogP contribution in [-0.2, 0) is 13.2 Å². The average Bonchev–Trinajstić information content (AvgIpc) is 2.41. The first-order chi connectivity index (χ1) is 9.10. The van der Waals surface area contributed by atoms with Gasteiger partial charge in [0.25, 0.3) is 0 Å². The van der Waals surface area contributed by atoms with Gasteiger partial charge in [-0.05, 0) is 30.7 Å². The number of phenolic OH excluding ortho intramolecular Hbond substituents is 1. The van der Waals surface area contributed by atoms with E-state index >= 15 is 0 Å². The van der Waals surface area contributed by atoms with Gasteiger partial charge in [-0.1, -0.05) is 35.4 Å². The maximum atomic E-state index is 9.77. The molecule has 0 saturated carbocycles. The van der Waals surface area contributed by atoms with Crippen molar-refractivity contribution in [1.82, 2.24) is 0 Å². The molecule has 0 bridgehead atoms. The molecule has 19 heavy (non-hydrogen) atoms. The summed E-state index contributed by atoms with van der Waals surface area (Å²) >= 11 is 6.08. The van der Waals surface area contributed by atoms with E-state index in [9.17, 15) is 5.11 Å². The van der Waals surface area contributed by atoms with Crippen LogP contribution in [0.4, 0.5) is 5.69 Å². The summed E-state index contributed by atoms with van der Waals surface area (Å²) in [7, 11) is 0. The maximum Gasteiger partial charge on any atom is 0.120 e. The van der Waals surface area contributed by atoms with E-state index in [2.05, 4.69) is 5.32 Å². The lowest BCUT2D eigenvalue weighted by molar-refractivity contribution is 0.282. The van der Waals surface area contributed by atoms with Crippen LogP contribution in [0.1, 0.15) is 16.7 Å². The van der Waals surface area contributed by atoms with Crippen LogP contribution >= 0.6 is 11.6 Å². The van der Waals surface area contributed by atoms with Gasteiger partial charge in [0.15, 0.2) is 0 Å². The minimum absolute atomic E-state index is 0.0262. The molecule has 2 rings (SSSR count). The van der Waals surface area contributed by atoms with Gasteiger partial charge in [-0.25, -0.2) is 0 Å². The second-order valence-electron chi connectivity index (χ2n) is 4.46. The number of rotatable bonds is 4. The molecule has 0 unspecified atom stereocenters. The van der Waals surface area contributed by atoms with Crippen LogP contribution in [0.15, 0.2) is 36.4 Å². The van der Waals surface area contributed by atoms with Crippen molar-refractivity contribution in [1.29, 1.82) is 0 Å². The molecule has 0 amide bonds. The van der Waals surface area contributed by atoms with Crippen molar-refractivity contribution in [2.24, 2.45) is 0 Å². The Labute approximate surface area is 117 Å². The second kappa shape index (κ2) is 5.95. The maximum absolute atomic E-state index is 9.77. The van der Waals surface area contributed by atoms with Crippen molar-refractivity contribution in [2.45, 2.75) is 20.1 Å². The van der Waals surface area contributed by atoms with Gasteiger partial charge < -0.3 is 15.5 Å². The molecule has 4 heteroatoms. The molecule has 0 aliphatic heterocycles. The lowest BCUT2D eigenvalue weighted by atomic mass is 10.1. The van der Waals surface area contributed by atoms with Crippen LogP contribution in [0, 0.1) is 6.92 Å². The fourth-order valence-corrected chi connectivity index (χ4v) is 2.04. The summed E-state index contributed by atoms with van der Waals surface area (Å²) in [6.07, 6.45) is 0. The molecule has 0 heterocycles. The van der Waals surface area contributed by atoms with Gasteiger partial charge in [0.2, 0.25) is 0 Å². The zero-order chi connectivity index (χ0) is 13.8. The molecule has 0 radical (unpaired) electrons. The fourth-order valence-electron chi connectivity index (χ4n) is 1.85. The molecule has 0 aliphatic rings. The van der Waals surface area contributed by atoms with Gasteiger partial charge in [0, 0.05) is 12.1 Å². The highest BCUT2D eigenvalue weighted by Crippen LogP contribution is 2.25. The number of aryl methyl sites for hydroxylation is 1. The highest BCUT2D eigenvalue weighted by atomic mass is 35.5. The number of nitrogens with one attached hydrogen (secondary N) is 1. The Balaban J connectivity index is 2.16. The van der Waals surface area contributed by atoms with Gasteiger partial charge in [-0.15, -0.1) is 0 Å². The third-order valence-electron chi connectivity index (χ3n) is 2.92. The van der Waals surface area contributed by atoms with E-state index in [0.29, 0.717) is 11.6 Å². The zero-order valence-electron chi connectivity index (χ0n) is 10.7. The van der Waals surface area contributed by atoms with E-state index in [4.69, 9.17) is 16.7 Å². The Morgan fingerprint density at radius 2 is 1.95 bits per heavy atom. The summed E-state index contributed by atoms with van der Waals surface area (Å²) in [5.41, 5.74) is 3.43. The predicted octanol–water partition coefficient (Wildman–Crippen LogP) is 3.46. The smallest absolute Gasteiger partial charge is 0.120 e. The number of benzene rings is 2. The predicted molar refractivity (Wildman–Crippen MR) is 77.5 cm³/mol. The molecular formula is C15H16ClNO2. The number of hydrogen-bond acceptors (Lipinski definition) is 3.